The molecule has 0 radical (unpaired) electrons. The molecule has 3 heterocycles. The third-order valence-corrected chi connectivity index (χ3v) is 7.06. The van der Waals surface area contributed by atoms with E-state index in [2.05, 4.69) is 30.7 Å². The Morgan fingerprint density at radius 3 is 2.51 bits per heavy atom. The van der Waals surface area contributed by atoms with Gasteiger partial charge in [-0.2, -0.15) is 4.98 Å². The molecule has 13 heteroatoms. The summed E-state index contributed by atoms with van der Waals surface area (Å²) < 4.78 is 37.3. The van der Waals surface area contributed by atoms with Crippen molar-refractivity contribution in [2.24, 2.45) is 11.8 Å². The zero-order valence-electron chi connectivity index (χ0n) is 21.4. The van der Waals surface area contributed by atoms with Gasteiger partial charge in [0.05, 0.1) is 35.6 Å². The minimum absolute atomic E-state index is 0.119. The van der Waals surface area contributed by atoms with Gasteiger partial charge in [0.2, 0.25) is 17.5 Å². The average Bonchev–Trinajstić information content (AvgIpc) is 3.24. The normalized spacial score (nSPS) is 20.6. The van der Waals surface area contributed by atoms with Crippen molar-refractivity contribution in [1.82, 2.24) is 20.1 Å². The van der Waals surface area contributed by atoms with Crippen molar-refractivity contribution < 1.29 is 32.7 Å². The van der Waals surface area contributed by atoms with Gasteiger partial charge >= 0.3 is 5.97 Å². The van der Waals surface area contributed by atoms with Crippen LogP contribution in [0, 0.1) is 25.7 Å². The van der Waals surface area contributed by atoms with Crippen LogP contribution in [0.15, 0.2) is 29.0 Å². The second-order valence-corrected chi connectivity index (χ2v) is 10.00. The number of nitrogens with zero attached hydrogens (tertiary/aromatic N) is 4. The summed E-state index contributed by atoms with van der Waals surface area (Å²) in [5.41, 5.74) is 2.42. The first-order valence-corrected chi connectivity index (χ1v) is 12.7. The number of carbonyl (C=O) groups excluding carboxylic acids is 1. The number of alkyl halides is 2. The van der Waals surface area contributed by atoms with E-state index in [0.29, 0.717) is 52.9 Å². The van der Waals surface area contributed by atoms with E-state index in [0.717, 1.165) is 12.8 Å². The van der Waals surface area contributed by atoms with Crippen LogP contribution in [-0.4, -0.2) is 49.1 Å². The number of anilines is 3. The Labute approximate surface area is 222 Å². The number of carboxylic acid groups (broad SMARTS) is 1. The van der Waals surface area contributed by atoms with Crippen molar-refractivity contribution >= 4 is 29.1 Å². The third-order valence-electron chi connectivity index (χ3n) is 7.06. The number of pyridine rings is 1. The highest BCUT2D eigenvalue weighted by Crippen LogP contribution is 2.40. The van der Waals surface area contributed by atoms with Crippen LogP contribution < -0.4 is 15.4 Å². The maximum absolute atomic E-state index is 13.1. The molecule has 2 atom stereocenters. The highest BCUT2D eigenvalue weighted by atomic mass is 19.3. The predicted molar refractivity (Wildman–Crippen MR) is 135 cm³/mol. The minimum Gasteiger partial charge on any atom is -0.481 e. The second kappa shape index (κ2) is 10.5. The smallest absolute Gasteiger partial charge is 0.307 e. The first-order chi connectivity index (χ1) is 18.6. The summed E-state index contributed by atoms with van der Waals surface area (Å²) in [5, 5.41) is 19.4. The molecule has 2 aliphatic carbocycles. The molecule has 3 aromatic rings. The van der Waals surface area contributed by atoms with Gasteiger partial charge in [-0.05, 0) is 38.8 Å². The van der Waals surface area contributed by atoms with Crippen LogP contribution in [0.5, 0.6) is 5.88 Å². The van der Waals surface area contributed by atoms with Crippen LogP contribution >= 0.6 is 0 Å². The summed E-state index contributed by atoms with van der Waals surface area (Å²) in [7, 11) is 0. The van der Waals surface area contributed by atoms with E-state index in [1.807, 2.05) is 0 Å². The maximum Gasteiger partial charge on any atom is 0.307 e. The first-order valence-electron chi connectivity index (χ1n) is 12.7. The summed E-state index contributed by atoms with van der Waals surface area (Å²) in [4.78, 5) is 37.4. The Bertz CT molecular complexity index is 1390. The molecule has 0 spiro atoms. The van der Waals surface area contributed by atoms with Gasteiger partial charge in [-0.15, -0.1) is 0 Å². The number of aromatic nitrogens is 4. The lowest BCUT2D eigenvalue weighted by molar-refractivity contribution is -0.147. The van der Waals surface area contributed by atoms with Crippen molar-refractivity contribution in [3.8, 4) is 17.3 Å². The van der Waals surface area contributed by atoms with Crippen LogP contribution in [0.1, 0.15) is 49.9 Å². The lowest BCUT2D eigenvalue weighted by Crippen LogP contribution is -2.43. The summed E-state index contributed by atoms with van der Waals surface area (Å²) in [5.74, 6) is -4.54. The van der Waals surface area contributed by atoms with Crippen LogP contribution in [0.25, 0.3) is 11.5 Å². The van der Waals surface area contributed by atoms with Gasteiger partial charge in [0.25, 0.3) is 5.92 Å². The Morgan fingerprint density at radius 2 is 1.82 bits per heavy atom. The number of amides is 1. The number of nitrogens with one attached hydrogen (secondary N) is 2. The van der Waals surface area contributed by atoms with E-state index in [4.69, 9.17) is 9.26 Å². The van der Waals surface area contributed by atoms with Crippen LogP contribution in [-0.2, 0) is 9.59 Å². The monoisotopic (exact) mass is 542 g/mol. The summed E-state index contributed by atoms with van der Waals surface area (Å²) in [6.07, 6.45) is 4.10. The number of hydrogen-bond acceptors (Lipinski definition) is 9. The van der Waals surface area contributed by atoms with E-state index in [1.54, 1.807) is 26.0 Å². The Kier molecular flexibility index (Phi) is 7.15. The number of carboxylic acids is 1. The van der Waals surface area contributed by atoms with Crippen LogP contribution in [0.3, 0.4) is 0 Å². The number of aryl methyl sites for hydroxylation is 2. The number of carbonyl (C=O) groups is 2. The minimum atomic E-state index is -2.71. The fraction of sp³-hybridized carbons (Fsp3) is 0.462. The molecule has 0 aliphatic heterocycles. The van der Waals surface area contributed by atoms with Crippen molar-refractivity contribution in [1.29, 1.82) is 0 Å². The summed E-state index contributed by atoms with van der Waals surface area (Å²) in [6, 6.07) is 3.34. The molecule has 39 heavy (non-hydrogen) atoms. The Balaban J connectivity index is 1.30. The number of ether oxygens (including phenoxy) is 1. The number of hydrogen-bond donors (Lipinski definition) is 3. The standard InChI is InChI=1S/C26H28F2N6O5/c1-13-18(31-24(35)16-5-3-4-6-17(16)25(36)37)7-8-19(30-13)23-22(14(2)34-39-23)33-20-11-29-12-21(32-20)38-15-9-26(27,28)10-15/h7-8,11-12,15-17H,3-6,9-10H2,1-2H3,(H,31,35)(H,32,33)(H,36,37). The Morgan fingerprint density at radius 1 is 1.08 bits per heavy atom. The van der Waals surface area contributed by atoms with E-state index in [9.17, 15) is 23.5 Å². The topological polar surface area (TPSA) is 152 Å². The maximum atomic E-state index is 13.1. The molecule has 0 saturated heterocycles. The third kappa shape index (κ3) is 5.81. The average molecular weight is 543 g/mol. The molecule has 0 bridgehead atoms. The number of rotatable bonds is 8. The lowest BCUT2D eigenvalue weighted by atomic mass is 9.78. The molecule has 0 aromatic carbocycles. The van der Waals surface area contributed by atoms with E-state index < -0.39 is 29.8 Å². The molecule has 2 aliphatic rings. The van der Waals surface area contributed by atoms with E-state index in [1.165, 1.54) is 12.4 Å². The molecule has 2 fully saturated rings. The van der Waals surface area contributed by atoms with Crippen molar-refractivity contribution in [3.05, 3.63) is 35.9 Å². The van der Waals surface area contributed by atoms with E-state index >= 15 is 0 Å². The first kappa shape index (κ1) is 26.4. The Hall–Kier alpha value is -4.16. The predicted octanol–water partition coefficient (Wildman–Crippen LogP) is 4.89. The summed E-state index contributed by atoms with van der Waals surface area (Å²) >= 11 is 0. The molecule has 11 nitrogen and oxygen atoms in total. The van der Waals surface area contributed by atoms with Crippen LogP contribution in [0.2, 0.25) is 0 Å². The zero-order chi connectivity index (χ0) is 27.7. The van der Waals surface area contributed by atoms with Crippen molar-refractivity contribution in [3.63, 3.8) is 0 Å². The molecular formula is C26H28F2N6O5. The van der Waals surface area contributed by atoms with Gasteiger partial charge in [0.15, 0.2) is 5.82 Å². The second-order valence-electron chi connectivity index (χ2n) is 10.00. The van der Waals surface area contributed by atoms with Crippen LogP contribution in [0.4, 0.5) is 26.0 Å². The molecule has 1 amide bonds. The van der Waals surface area contributed by atoms with Crippen molar-refractivity contribution in [2.45, 2.75) is 64.4 Å². The number of aliphatic carboxylic acids is 1. The molecule has 2 saturated carbocycles. The SMILES string of the molecule is Cc1nc(-c2onc(C)c2Nc2cncc(OC3CC(F)(F)C3)n2)ccc1NC(=O)C1CCCCC1C(=O)O. The van der Waals surface area contributed by atoms with Gasteiger partial charge in [0.1, 0.15) is 23.2 Å². The van der Waals surface area contributed by atoms with Gasteiger partial charge < -0.3 is 25.0 Å². The highest BCUT2D eigenvalue weighted by Gasteiger charge is 2.47. The molecule has 3 N–H and O–H groups in total. The highest BCUT2D eigenvalue weighted by molar-refractivity contribution is 5.95. The molecule has 206 valence electrons. The molecular weight excluding hydrogens is 514 g/mol. The van der Waals surface area contributed by atoms with Gasteiger partial charge in [-0.3, -0.25) is 14.6 Å². The molecule has 2 unspecified atom stereocenters. The largest absolute Gasteiger partial charge is 0.481 e. The van der Waals surface area contributed by atoms with Crippen molar-refractivity contribution in [2.75, 3.05) is 10.6 Å². The van der Waals surface area contributed by atoms with E-state index in [-0.39, 0.29) is 24.6 Å². The fourth-order valence-electron chi connectivity index (χ4n) is 4.93. The quantitative estimate of drug-likeness (QED) is 0.358. The number of halogens is 2. The molecule has 5 rings (SSSR count). The summed E-state index contributed by atoms with van der Waals surface area (Å²) in [6.45, 7) is 3.45. The van der Waals surface area contributed by atoms with Gasteiger partial charge in [-0.25, -0.2) is 13.8 Å². The lowest BCUT2D eigenvalue weighted by Gasteiger charge is -2.34. The van der Waals surface area contributed by atoms with Gasteiger partial charge in [0, 0.05) is 12.8 Å². The fourth-order valence-corrected chi connectivity index (χ4v) is 4.93. The van der Waals surface area contributed by atoms with Gasteiger partial charge in [-0.1, -0.05) is 18.0 Å². The molecule has 3 aromatic heterocycles. The zero-order valence-corrected chi connectivity index (χ0v) is 21.4.